The Kier molecular flexibility index (Phi) is 6.02. The van der Waals surface area contributed by atoms with E-state index in [1.807, 2.05) is 37.3 Å². The molecule has 104 valence electrons. The standard InChI is InChI=1S/C14H21N3O2/c1-3-16-13(18)10(2)17-14(19)12(15)9-11-7-5-4-6-8-11/h4-8,10,12H,3,9,15H2,1-2H3,(H,16,18)(H,17,19)/t10?,12-/m1/s1. The zero-order valence-electron chi connectivity index (χ0n) is 11.3. The van der Waals surface area contributed by atoms with Gasteiger partial charge in [-0.15, -0.1) is 0 Å². The average molecular weight is 263 g/mol. The zero-order valence-corrected chi connectivity index (χ0v) is 11.3. The molecule has 5 heteroatoms. The normalized spacial score (nSPS) is 13.4. The molecule has 2 amide bonds. The molecule has 2 atom stereocenters. The van der Waals surface area contributed by atoms with E-state index in [-0.39, 0.29) is 11.8 Å². The third-order valence-electron chi connectivity index (χ3n) is 2.74. The summed E-state index contributed by atoms with van der Waals surface area (Å²) in [5, 5.41) is 5.25. The van der Waals surface area contributed by atoms with Crippen LogP contribution in [0.25, 0.3) is 0 Å². The van der Waals surface area contributed by atoms with Crippen LogP contribution in [0.3, 0.4) is 0 Å². The zero-order chi connectivity index (χ0) is 14.3. The number of amides is 2. The van der Waals surface area contributed by atoms with Gasteiger partial charge in [-0.05, 0) is 25.8 Å². The lowest BCUT2D eigenvalue weighted by Crippen LogP contribution is -2.50. The maximum atomic E-state index is 11.9. The Morgan fingerprint density at radius 2 is 1.84 bits per heavy atom. The van der Waals surface area contributed by atoms with Crippen LogP contribution in [0.15, 0.2) is 30.3 Å². The number of hydrogen-bond donors (Lipinski definition) is 3. The highest BCUT2D eigenvalue weighted by molar-refractivity contribution is 5.89. The van der Waals surface area contributed by atoms with E-state index >= 15 is 0 Å². The van der Waals surface area contributed by atoms with Gasteiger partial charge in [-0.3, -0.25) is 9.59 Å². The van der Waals surface area contributed by atoms with Gasteiger partial charge in [0.25, 0.3) is 0 Å². The van der Waals surface area contributed by atoms with Crippen LogP contribution in [0.4, 0.5) is 0 Å². The number of likely N-dealkylation sites (N-methyl/N-ethyl adjacent to an activating group) is 1. The molecule has 0 aliphatic rings. The summed E-state index contributed by atoms with van der Waals surface area (Å²) in [6.45, 7) is 4.00. The lowest BCUT2D eigenvalue weighted by Gasteiger charge is -2.17. The summed E-state index contributed by atoms with van der Waals surface area (Å²) in [7, 11) is 0. The predicted octanol–water partition coefficient (Wildman–Crippen LogP) is 0.197. The second-order valence-corrected chi connectivity index (χ2v) is 4.42. The fourth-order valence-electron chi connectivity index (χ4n) is 1.67. The molecule has 4 N–H and O–H groups in total. The first kappa shape index (κ1) is 15.2. The van der Waals surface area contributed by atoms with Crippen LogP contribution in [0, 0.1) is 0 Å². The molecule has 0 radical (unpaired) electrons. The van der Waals surface area contributed by atoms with E-state index in [0.29, 0.717) is 13.0 Å². The van der Waals surface area contributed by atoms with Crippen molar-refractivity contribution in [1.29, 1.82) is 0 Å². The summed E-state index contributed by atoms with van der Waals surface area (Å²) in [6.07, 6.45) is 0.453. The summed E-state index contributed by atoms with van der Waals surface area (Å²) in [5.74, 6) is -0.523. The number of carbonyl (C=O) groups excluding carboxylic acids is 2. The minimum atomic E-state index is -0.653. The van der Waals surface area contributed by atoms with Crippen molar-refractivity contribution >= 4 is 11.8 Å². The van der Waals surface area contributed by atoms with Gasteiger partial charge >= 0.3 is 0 Å². The molecular formula is C14H21N3O2. The van der Waals surface area contributed by atoms with E-state index in [4.69, 9.17) is 5.73 Å². The monoisotopic (exact) mass is 263 g/mol. The quantitative estimate of drug-likeness (QED) is 0.685. The molecule has 0 spiro atoms. The van der Waals surface area contributed by atoms with Crippen molar-refractivity contribution in [2.24, 2.45) is 5.73 Å². The molecule has 19 heavy (non-hydrogen) atoms. The first-order valence-corrected chi connectivity index (χ1v) is 6.42. The van der Waals surface area contributed by atoms with Crippen molar-refractivity contribution in [3.8, 4) is 0 Å². The maximum Gasteiger partial charge on any atom is 0.242 e. The van der Waals surface area contributed by atoms with Gasteiger partial charge in [0.2, 0.25) is 11.8 Å². The summed E-state index contributed by atoms with van der Waals surface area (Å²) >= 11 is 0. The third kappa shape index (κ3) is 5.09. The highest BCUT2D eigenvalue weighted by Gasteiger charge is 2.19. The topological polar surface area (TPSA) is 84.2 Å². The Hall–Kier alpha value is -1.88. The first-order chi connectivity index (χ1) is 9.04. The van der Waals surface area contributed by atoms with Crippen molar-refractivity contribution < 1.29 is 9.59 Å². The number of nitrogens with two attached hydrogens (primary N) is 1. The van der Waals surface area contributed by atoms with Crippen molar-refractivity contribution in [3.05, 3.63) is 35.9 Å². The maximum absolute atomic E-state index is 11.9. The summed E-state index contributed by atoms with van der Waals surface area (Å²) in [5.41, 5.74) is 6.82. The fraction of sp³-hybridized carbons (Fsp3) is 0.429. The Bertz CT molecular complexity index is 420. The first-order valence-electron chi connectivity index (χ1n) is 6.42. The largest absolute Gasteiger partial charge is 0.355 e. The van der Waals surface area contributed by atoms with E-state index in [1.165, 1.54) is 0 Å². The van der Waals surface area contributed by atoms with Gasteiger partial charge < -0.3 is 16.4 Å². The molecule has 5 nitrogen and oxygen atoms in total. The molecule has 1 aromatic carbocycles. The van der Waals surface area contributed by atoms with Crippen LogP contribution in [-0.2, 0) is 16.0 Å². The SMILES string of the molecule is CCNC(=O)C(C)NC(=O)[C@H](N)Cc1ccccc1. The second kappa shape index (κ2) is 7.53. The number of nitrogens with one attached hydrogen (secondary N) is 2. The molecule has 0 aliphatic carbocycles. The predicted molar refractivity (Wildman–Crippen MR) is 74.4 cm³/mol. The van der Waals surface area contributed by atoms with Crippen LogP contribution in [-0.4, -0.2) is 30.4 Å². The Morgan fingerprint density at radius 1 is 1.21 bits per heavy atom. The summed E-state index contributed by atoms with van der Waals surface area (Å²) in [4.78, 5) is 23.3. The molecule has 1 unspecified atom stereocenters. The molecule has 1 rings (SSSR count). The number of carbonyl (C=O) groups is 2. The van der Waals surface area contributed by atoms with Gasteiger partial charge in [-0.1, -0.05) is 30.3 Å². The third-order valence-corrected chi connectivity index (χ3v) is 2.74. The minimum absolute atomic E-state index is 0.206. The molecular weight excluding hydrogens is 242 g/mol. The van der Waals surface area contributed by atoms with Gasteiger partial charge in [-0.25, -0.2) is 0 Å². The highest BCUT2D eigenvalue weighted by atomic mass is 16.2. The molecule has 0 fully saturated rings. The summed E-state index contributed by atoms with van der Waals surface area (Å²) in [6, 6.07) is 8.31. The molecule has 0 saturated heterocycles. The lowest BCUT2D eigenvalue weighted by molar-refractivity contribution is -0.129. The van der Waals surface area contributed by atoms with Crippen molar-refractivity contribution in [2.75, 3.05) is 6.54 Å². The van der Waals surface area contributed by atoms with E-state index in [2.05, 4.69) is 10.6 Å². The van der Waals surface area contributed by atoms with Crippen LogP contribution in [0.5, 0.6) is 0 Å². The molecule has 0 aliphatic heterocycles. The molecule has 0 heterocycles. The lowest BCUT2D eigenvalue weighted by atomic mass is 10.1. The Balaban J connectivity index is 2.47. The van der Waals surface area contributed by atoms with E-state index in [0.717, 1.165) is 5.56 Å². The fourth-order valence-corrected chi connectivity index (χ4v) is 1.67. The number of benzene rings is 1. The van der Waals surface area contributed by atoms with Crippen LogP contribution in [0.2, 0.25) is 0 Å². The smallest absolute Gasteiger partial charge is 0.242 e. The van der Waals surface area contributed by atoms with Crippen molar-refractivity contribution in [3.63, 3.8) is 0 Å². The van der Waals surface area contributed by atoms with Gasteiger partial charge in [-0.2, -0.15) is 0 Å². The van der Waals surface area contributed by atoms with E-state index in [1.54, 1.807) is 6.92 Å². The minimum Gasteiger partial charge on any atom is -0.355 e. The Labute approximate surface area is 113 Å². The van der Waals surface area contributed by atoms with E-state index in [9.17, 15) is 9.59 Å². The highest BCUT2D eigenvalue weighted by Crippen LogP contribution is 2.02. The van der Waals surface area contributed by atoms with Crippen molar-refractivity contribution in [1.82, 2.24) is 10.6 Å². The molecule has 1 aromatic rings. The van der Waals surface area contributed by atoms with Crippen LogP contribution >= 0.6 is 0 Å². The van der Waals surface area contributed by atoms with E-state index < -0.39 is 12.1 Å². The Morgan fingerprint density at radius 3 is 2.42 bits per heavy atom. The van der Waals surface area contributed by atoms with Crippen molar-refractivity contribution in [2.45, 2.75) is 32.4 Å². The summed E-state index contributed by atoms with van der Waals surface area (Å²) < 4.78 is 0. The van der Waals surface area contributed by atoms with Crippen LogP contribution in [0.1, 0.15) is 19.4 Å². The molecule has 0 aromatic heterocycles. The van der Waals surface area contributed by atoms with Gasteiger partial charge in [0.15, 0.2) is 0 Å². The second-order valence-electron chi connectivity index (χ2n) is 4.42. The van der Waals surface area contributed by atoms with Gasteiger partial charge in [0, 0.05) is 6.54 Å². The number of rotatable bonds is 6. The molecule has 0 bridgehead atoms. The van der Waals surface area contributed by atoms with Crippen LogP contribution < -0.4 is 16.4 Å². The average Bonchev–Trinajstić information content (AvgIpc) is 2.40. The molecule has 0 saturated carbocycles. The van der Waals surface area contributed by atoms with Gasteiger partial charge in [0.1, 0.15) is 6.04 Å². The number of hydrogen-bond acceptors (Lipinski definition) is 3. The van der Waals surface area contributed by atoms with Gasteiger partial charge in [0.05, 0.1) is 6.04 Å².